The molecule has 3 heteroatoms. The van der Waals surface area contributed by atoms with Gasteiger partial charge in [0.05, 0.1) is 0 Å². The molecule has 1 heterocycles. The maximum Gasteiger partial charge on any atom is 0.198 e. The second kappa shape index (κ2) is 7.11. The summed E-state index contributed by atoms with van der Waals surface area (Å²) < 4.78 is 20.5. The highest BCUT2D eigenvalue weighted by molar-refractivity contribution is 7.71. The second-order valence-corrected chi connectivity index (χ2v) is 8.14. The van der Waals surface area contributed by atoms with E-state index in [0.29, 0.717) is 16.2 Å². The van der Waals surface area contributed by atoms with Crippen molar-refractivity contribution >= 4 is 34.0 Å². The molecule has 0 aliphatic heterocycles. The number of rotatable bonds is 3. The fraction of sp³-hybridized carbons (Fsp3) is 0.435. The fourth-order valence-corrected chi connectivity index (χ4v) is 4.78. The smallest absolute Gasteiger partial charge is 0.198 e. The standard InChI is InChI=1S/C23H25FOS/c1-3-4-15-6-8-16(9-7-15)17-10-12-18-19-11-5-14(2)21(24)22(19)25-23(26)20(18)13-17/h5,10-13,15-16H,3-4,6-9H2,1-2H3. The lowest BCUT2D eigenvalue weighted by Gasteiger charge is -2.28. The summed E-state index contributed by atoms with van der Waals surface area (Å²) in [4.78, 5) is 0. The van der Waals surface area contributed by atoms with Gasteiger partial charge in [-0.25, -0.2) is 4.39 Å². The molecule has 0 N–H and O–H groups in total. The summed E-state index contributed by atoms with van der Waals surface area (Å²) in [6.45, 7) is 4.02. The Balaban J connectivity index is 1.74. The summed E-state index contributed by atoms with van der Waals surface area (Å²) in [6.07, 6.45) is 7.79. The average Bonchev–Trinajstić information content (AvgIpc) is 2.66. The molecule has 1 aromatic heterocycles. The lowest BCUT2D eigenvalue weighted by atomic mass is 9.77. The first kappa shape index (κ1) is 17.7. The molecule has 1 saturated carbocycles. The molecule has 136 valence electrons. The van der Waals surface area contributed by atoms with Crippen molar-refractivity contribution in [1.82, 2.24) is 0 Å². The molecule has 0 atom stereocenters. The Morgan fingerprint density at radius 2 is 1.77 bits per heavy atom. The van der Waals surface area contributed by atoms with Crippen LogP contribution in [0.4, 0.5) is 4.39 Å². The highest BCUT2D eigenvalue weighted by Gasteiger charge is 2.22. The Morgan fingerprint density at radius 1 is 1.04 bits per heavy atom. The van der Waals surface area contributed by atoms with Gasteiger partial charge >= 0.3 is 0 Å². The Kier molecular flexibility index (Phi) is 4.83. The Bertz CT molecular complexity index is 1010. The molecule has 1 fully saturated rings. The lowest BCUT2D eigenvalue weighted by Crippen LogP contribution is -2.13. The number of halogens is 1. The third kappa shape index (κ3) is 3.07. The molecule has 2 aromatic carbocycles. The van der Waals surface area contributed by atoms with Gasteiger partial charge in [0.1, 0.15) is 0 Å². The highest BCUT2D eigenvalue weighted by Crippen LogP contribution is 2.39. The van der Waals surface area contributed by atoms with Crippen molar-refractivity contribution in [3.8, 4) is 0 Å². The van der Waals surface area contributed by atoms with E-state index >= 15 is 0 Å². The summed E-state index contributed by atoms with van der Waals surface area (Å²) in [6, 6.07) is 10.2. The van der Waals surface area contributed by atoms with Crippen LogP contribution < -0.4 is 0 Å². The molecule has 0 bridgehead atoms. The van der Waals surface area contributed by atoms with Gasteiger partial charge in [-0.05, 0) is 79.2 Å². The van der Waals surface area contributed by atoms with Crippen LogP contribution in [0.5, 0.6) is 0 Å². The van der Waals surface area contributed by atoms with E-state index in [-0.39, 0.29) is 11.4 Å². The average molecular weight is 369 g/mol. The predicted molar refractivity (Wildman–Crippen MR) is 109 cm³/mol. The summed E-state index contributed by atoms with van der Waals surface area (Å²) in [5.41, 5.74) is 2.20. The van der Waals surface area contributed by atoms with Gasteiger partial charge in [-0.3, -0.25) is 0 Å². The summed E-state index contributed by atoms with van der Waals surface area (Å²) in [5, 5.41) is 2.72. The normalized spacial score (nSPS) is 20.7. The van der Waals surface area contributed by atoms with Gasteiger partial charge in [-0.2, -0.15) is 0 Å². The van der Waals surface area contributed by atoms with Crippen molar-refractivity contribution in [3.05, 3.63) is 52.0 Å². The van der Waals surface area contributed by atoms with Gasteiger partial charge in [0.25, 0.3) is 0 Å². The molecule has 4 rings (SSSR count). The van der Waals surface area contributed by atoms with Crippen LogP contribution >= 0.6 is 12.2 Å². The number of benzene rings is 2. The first-order valence-electron chi connectivity index (χ1n) is 9.74. The number of hydrogen-bond acceptors (Lipinski definition) is 2. The zero-order valence-electron chi connectivity index (χ0n) is 15.5. The highest BCUT2D eigenvalue weighted by atomic mass is 32.1. The Hall–Kier alpha value is -1.74. The largest absolute Gasteiger partial charge is 0.441 e. The van der Waals surface area contributed by atoms with Crippen LogP contribution in [-0.2, 0) is 0 Å². The molecule has 1 nitrogen and oxygen atoms in total. The van der Waals surface area contributed by atoms with Gasteiger partial charge in [-0.15, -0.1) is 0 Å². The van der Waals surface area contributed by atoms with Crippen LogP contribution in [0.15, 0.2) is 34.7 Å². The monoisotopic (exact) mass is 368 g/mol. The van der Waals surface area contributed by atoms with Crippen LogP contribution in [0.2, 0.25) is 0 Å². The van der Waals surface area contributed by atoms with Crippen molar-refractivity contribution in [2.24, 2.45) is 5.92 Å². The van der Waals surface area contributed by atoms with E-state index in [9.17, 15) is 4.39 Å². The van der Waals surface area contributed by atoms with E-state index in [1.54, 1.807) is 13.0 Å². The second-order valence-electron chi connectivity index (χ2n) is 7.77. The zero-order chi connectivity index (χ0) is 18.3. The van der Waals surface area contributed by atoms with Crippen molar-refractivity contribution in [2.45, 2.75) is 58.3 Å². The first-order valence-corrected chi connectivity index (χ1v) is 10.1. The minimum absolute atomic E-state index is 0.273. The summed E-state index contributed by atoms with van der Waals surface area (Å²) in [7, 11) is 0. The van der Waals surface area contributed by atoms with Crippen molar-refractivity contribution in [3.63, 3.8) is 0 Å². The Morgan fingerprint density at radius 3 is 2.50 bits per heavy atom. The SMILES string of the molecule is CCCC1CCC(c2ccc3c(c2)c(=S)oc2c(F)c(C)ccc23)CC1. The number of aryl methyl sites for hydroxylation is 1. The molecule has 0 saturated heterocycles. The van der Waals surface area contributed by atoms with E-state index in [0.717, 1.165) is 22.1 Å². The van der Waals surface area contributed by atoms with Gasteiger partial charge in [0.2, 0.25) is 0 Å². The quantitative estimate of drug-likeness (QED) is 0.345. The van der Waals surface area contributed by atoms with Crippen molar-refractivity contribution in [2.75, 3.05) is 0 Å². The van der Waals surface area contributed by atoms with Gasteiger partial charge in [0, 0.05) is 10.8 Å². The summed E-state index contributed by atoms with van der Waals surface area (Å²) >= 11 is 5.46. The minimum Gasteiger partial charge on any atom is -0.441 e. The van der Waals surface area contributed by atoms with Crippen LogP contribution in [-0.4, -0.2) is 0 Å². The predicted octanol–water partition coefficient (Wildman–Crippen LogP) is 7.84. The van der Waals surface area contributed by atoms with Crippen LogP contribution in [0.25, 0.3) is 21.7 Å². The molecule has 0 spiro atoms. The third-order valence-corrected chi connectivity index (χ3v) is 6.36. The van der Waals surface area contributed by atoms with Crippen LogP contribution in [0, 0.1) is 23.4 Å². The number of hydrogen-bond donors (Lipinski definition) is 0. The number of fused-ring (bicyclic) bond motifs is 3. The molecular weight excluding hydrogens is 343 g/mol. The lowest BCUT2D eigenvalue weighted by molar-refractivity contribution is 0.308. The zero-order valence-corrected chi connectivity index (χ0v) is 16.3. The maximum absolute atomic E-state index is 14.4. The first-order chi connectivity index (χ1) is 12.6. The molecule has 1 aliphatic carbocycles. The topological polar surface area (TPSA) is 13.1 Å². The Labute approximate surface area is 159 Å². The van der Waals surface area contributed by atoms with E-state index < -0.39 is 0 Å². The van der Waals surface area contributed by atoms with Gasteiger partial charge < -0.3 is 4.42 Å². The van der Waals surface area contributed by atoms with Crippen LogP contribution in [0.1, 0.15) is 62.5 Å². The minimum atomic E-state index is -0.311. The van der Waals surface area contributed by atoms with E-state index in [4.69, 9.17) is 16.6 Å². The van der Waals surface area contributed by atoms with E-state index in [1.165, 1.54) is 44.1 Å². The molecule has 0 amide bonds. The molecule has 1 aliphatic rings. The molecule has 26 heavy (non-hydrogen) atoms. The van der Waals surface area contributed by atoms with E-state index in [1.807, 2.05) is 6.07 Å². The van der Waals surface area contributed by atoms with Crippen LogP contribution in [0.3, 0.4) is 0 Å². The van der Waals surface area contributed by atoms with Gasteiger partial charge in [-0.1, -0.05) is 44.0 Å². The van der Waals surface area contributed by atoms with E-state index in [2.05, 4.69) is 25.1 Å². The van der Waals surface area contributed by atoms with Crippen molar-refractivity contribution < 1.29 is 8.81 Å². The fourth-order valence-electron chi connectivity index (χ4n) is 4.53. The van der Waals surface area contributed by atoms with Crippen molar-refractivity contribution in [1.29, 1.82) is 0 Å². The summed E-state index contributed by atoms with van der Waals surface area (Å²) in [5.74, 6) is 1.19. The maximum atomic E-state index is 14.4. The third-order valence-electron chi connectivity index (χ3n) is 6.05. The molecule has 0 unspecified atom stereocenters. The molecule has 3 aromatic rings. The molecule has 0 radical (unpaired) electrons. The van der Waals surface area contributed by atoms with Gasteiger partial charge in [0.15, 0.2) is 16.1 Å². The molecular formula is C23H25FOS.